The predicted molar refractivity (Wildman–Crippen MR) is 181 cm³/mol. The quantitative estimate of drug-likeness (QED) is 0.218. The van der Waals surface area contributed by atoms with Crippen molar-refractivity contribution >= 4 is 39.9 Å². The highest BCUT2D eigenvalue weighted by atomic mass is 32.1. The zero-order valence-corrected chi connectivity index (χ0v) is 28.8. The molecule has 12 nitrogen and oxygen atoms in total. The molecule has 252 valence electrons. The van der Waals surface area contributed by atoms with Crippen LogP contribution in [-0.2, 0) is 20.7 Å². The van der Waals surface area contributed by atoms with Crippen molar-refractivity contribution in [2.75, 3.05) is 38.6 Å². The molecule has 3 atom stereocenters. The second-order valence-corrected chi connectivity index (χ2v) is 12.2. The normalized spacial score (nSPS) is 14.8. The summed E-state index contributed by atoms with van der Waals surface area (Å²) in [6.07, 6.45) is 1.72. The number of thiazole rings is 1. The lowest BCUT2D eigenvalue weighted by Gasteiger charge is -2.23. The number of nitrogens with one attached hydrogen (secondary N) is 3. The topological polar surface area (TPSA) is 154 Å². The number of hydrogen-bond donors (Lipinski definition) is 3. The van der Waals surface area contributed by atoms with E-state index in [-0.39, 0.29) is 34.7 Å². The van der Waals surface area contributed by atoms with Gasteiger partial charge in [0.05, 0.1) is 45.4 Å². The molecule has 0 radical (unpaired) electrons. The Bertz CT molecular complexity index is 1720. The molecular formula is C34H42N4O8S. The standard InChI is InChI=1S/C34H42N4O8S/c1-9-17(3)28(32(41)38-34-35-18(4)31(47-34)33(42)46-10-2)37-24-14-12-21-22(16-25(24)40)23(36-19(5)39)13-11-20-15-26(43-6)29(44-7)30(45-8)27(20)21/h12,14-17,23,28H,9-11,13H2,1-8H3,(H,36,39)(H,37,40)(H,35,38,41)/t17-,23-,28-/m1/s1. The second-order valence-electron chi connectivity index (χ2n) is 11.2. The van der Waals surface area contributed by atoms with E-state index < -0.39 is 24.0 Å². The zero-order chi connectivity index (χ0) is 34.4. The molecule has 2 aromatic carbocycles. The van der Waals surface area contributed by atoms with E-state index >= 15 is 0 Å². The lowest BCUT2D eigenvalue weighted by atomic mass is 9.95. The number of fused-ring (bicyclic) bond motifs is 3. The Labute approximate surface area is 278 Å². The molecule has 2 amide bonds. The maximum atomic E-state index is 13.9. The summed E-state index contributed by atoms with van der Waals surface area (Å²) in [4.78, 5) is 56.8. The van der Waals surface area contributed by atoms with Gasteiger partial charge in [0.1, 0.15) is 10.9 Å². The molecule has 3 aromatic rings. The number of esters is 1. The number of aromatic nitrogens is 1. The predicted octanol–water partition coefficient (Wildman–Crippen LogP) is 5.27. The summed E-state index contributed by atoms with van der Waals surface area (Å²) in [5, 5.41) is 9.25. The molecule has 4 rings (SSSR count). The monoisotopic (exact) mass is 666 g/mol. The molecule has 0 unspecified atom stereocenters. The van der Waals surface area contributed by atoms with E-state index in [2.05, 4.69) is 20.9 Å². The van der Waals surface area contributed by atoms with Gasteiger partial charge < -0.3 is 34.9 Å². The van der Waals surface area contributed by atoms with Gasteiger partial charge in [-0.2, -0.15) is 0 Å². The van der Waals surface area contributed by atoms with E-state index in [9.17, 15) is 19.2 Å². The number of rotatable bonds is 12. The van der Waals surface area contributed by atoms with E-state index in [0.29, 0.717) is 58.2 Å². The summed E-state index contributed by atoms with van der Waals surface area (Å²) in [6.45, 7) is 8.91. The maximum Gasteiger partial charge on any atom is 0.350 e. The largest absolute Gasteiger partial charge is 0.493 e. The van der Waals surface area contributed by atoms with Crippen molar-refractivity contribution in [1.29, 1.82) is 0 Å². The molecule has 1 heterocycles. The van der Waals surface area contributed by atoms with Crippen molar-refractivity contribution < 1.29 is 33.3 Å². The third kappa shape index (κ3) is 7.51. The molecule has 13 heteroatoms. The van der Waals surface area contributed by atoms with Gasteiger partial charge in [-0.25, -0.2) is 9.78 Å². The number of ether oxygens (including phenoxy) is 4. The van der Waals surface area contributed by atoms with Crippen LogP contribution in [0.4, 0.5) is 10.8 Å². The van der Waals surface area contributed by atoms with Crippen molar-refractivity contribution in [3.8, 4) is 28.4 Å². The zero-order valence-electron chi connectivity index (χ0n) is 28.0. The number of carbonyl (C=O) groups excluding carboxylic acids is 3. The van der Waals surface area contributed by atoms with E-state index in [4.69, 9.17) is 18.9 Å². The summed E-state index contributed by atoms with van der Waals surface area (Å²) >= 11 is 1.03. The molecule has 3 N–H and O–H groups in total. The van der Waals surface area contributed by atoms with Crippen LogP contribution >= 0.6 is 11.3 Å². The summed E-state index contributed by atoms with van der Waals surface area (Å²) in [5.74, 6) is 0.0211. The van der Waals surface area contributed by atoms with Crippen LogP contribution in [0.2, 0.25) is 0 Å². The smallest absolute Gasteiger partial charge is 0.350 e. The van der Waals surface area contributed by atoms with Crippen LogP contribution in [0.25, 0.3) is 11.1 Å². The van der Waals surface area contributed by atoms with Gasteiger partial charge in [0, 0.05) is 12.5 Å². The molecule has 0 spiro atoms. The van der Waals surface area contributed by atoms with Crippen LogP contribution in [0.5, 0.6) is 17.2 Å². The Balaban J connectivity index is 1.81. The first-order valence-electron chi connectivity index (χ1n) is 15.5. The van der Waals surface area contributed by atoms with Gasteiger partial charge in [-0.3, -0.25) is 14.4 Å². The average molecular weight is 667 g/mol. The summed E-state index contributed by atoms with van der Waals surface area (Å²) < 4.78 is 22.2. The Morgan fingerprint density at radius 3 is 2.40 bits per heavy atom. The number of benzene rings is 1. The highest BCUT2D eigenvalue weighted by Gasteiger charge is 2.31. The molecule has 47 heavy (non-hydrogen) atoms. The first-order valence-corrected chi connectivity index (χ1v) is 16.3. The number of carbonyl (C=O) groups is 3. The van der Waals surface area contributed by atoms with Crippen molar-refractivity contribution in [3.63, 3.8) is 0 Å². The van der Waals surface area contributed by atoms with Crippen molar-refractivity contribution in [2.45, 2.75) is 66.0 Å². The number of hydrogen-bond acceptors (Lipinski definition) is 11. The number of nitrogens with zero attached hydrogens (tertiary/aromatic N) is 1. The Kier molecular flexibility index (Phi) is 11.5. The van der Waals surface area contributed by atoms with Gasteiger partial charge in [0.15, 0.2) is 16.6 Å². The lowest BCUT2D eigenvalue weighted by Crippen LogP contribution is -2.40. The van der Waals surface area contributed by atoms with Crippen molar-refractivity contribution in [1.82, 2.24) is 10.3 Å². The molecule has 0 saturated carbocycles. The van der Waals surface area contributed by atoms with E-state index in [0.717, 1.165) is 22.5 Å². The van der Waals surface area contributed by atoms with Gasteiger partial charge in [-0.1, -0.05) is 37.7 Å². The number of aryl methyl sites for hydroxylation is 2. The minimum absolute atomic E-state index is 0.187. The highest BCUT2D eigenvalue weighted by Crippen LogP contribution is 2.50. The third-order valence-corrected chi connectivity index (χ3v) is 9.26. The first kappa shape index (κ1) is 35.2. The van der Waals surface area contributed by atoms with Crippen LogP contribution < -0.4 is 35.6 Å². The van der Waals surface area contributed by atoms with Crippen LogP contribution in [-0.4, -0.2) is 56.7 Å². The summed E-state index contributed by atoms with van der Waals surface area (Å²) in [5.41, 5.74) is 3.20. The number of anilines is 2. The minimum atomic E-state index is -0.817. The van der Waals surface area contributed by atoms with Crippen molar-refractivity contribution in [2.24, 2.45) is 5.92 Å². The average Bonchev–Trinajstić information content (AvgIpc) is 3.25. The highest BCUT2D eigenvalue weighted by molar-refractivity contribution is 7.17. The molecule has 1 aromatic heterocycles. The number of amides is 2. The SMILES string of the molecule is CCOC(=O)c1sc(NC(=O)[C@H](Nc2ccc3c(cc2=O)[C@H](NC(C)=O)CCc2cc(OC)c(OC)c(OC)c2-3)[C@H](C)CC)nc1C. The molecule has 0 fully saturated rings. The molecule has 0 bridgehead atoms. The molecule has 0 saturated heterocycles. The first-order chi connectivity index (χ1) is 22.5. The fraction of sp³-hybridized carbons (Fsp3) is 0.441. The Hall–Kier alpha value is -4.65. The third-order valence-electron chi connectivity index (χ3n) is 8.21. The van der Waals surface area contributed by atoms with Crippen LogP contribution in [0.15, 0.2) is 29.1 Å². The van der Waals surface area contributed by atoms with Gasteiger partial charge in [0.2, 0.25) is 23.0 Å². The fourth-order valence-electron chi connectivity index (χ4n) is 5.72. The van der Waals surface area contributed by atoms with Crippen LogP contribution in [0, 0.1) is 12.8 Å². The van der Waals surface area contributed by atoms with Gasteiger partial charge >= 0.3 is 5.97 Å². The van der Waals surface area contributed by atoms with Crippen LogP contribution in [0.1, 0.15) is 73.1 Å². The lowest BCUT2D eigenvalue weighted by molar-refractivity contribution is -0.120. The minimum Gasteiger partial charge on any atom is -0.493 e. The van der Waals surface area contributed by atoms with E-state index in [1.54, 1.807) is 33.1 Å². The summed E-state index contributed by atoms with van der Waals surface area (Å²) in [6, 6.07) is 5.55. The maximum absolute atomic E-state index is 13.9. The van der Waals surface area contributed by atoms with Gasteiger partial charge in [0.25, 0.3) is 0 Å². The van der Waals surface area contributed by atoms with E-state index in [1.807, 2.05) is 19.9 Å². The van der Waals surface area contributed by atoms with Crippen LogP contribution in [0.3, 0.4) is 0 Å². The van der Waals surface area contributed by atoms with Crippen molar-refractivity contribution in [3.05, 3.63) is 56.2 Å². The van der Waals surface area contributed by atoms with Gasteiger partial charge in [-0.05, 0) is 67.5 Å². The number of methoxy groups -OCH3 is 3. The van der Waals surface area contributed by atoms with E-state index in [1.165, 1.54) is 27.2 Å². The molecular weight excluding hydrogens is 624 g/mol. The summed E-state index contributed by atoms with van der Waals surface area (Å²) in [7, 11) is 4.62. The Morgan fingerprint density at radius 2 is 1.79 bits per heavy atom. The molecule has 1 aliphatic rings. The molecule has 0 aliphatic heterocycles. The molecule has 1 aliphatic carbocycles. The fourth-order valence-corrected chi connectivity index (χ4v) is 6.58. The second kappa shape index (κ2) is 15.3. The van der Waals surface area contributed by atoms with Gasteiger partial charge in [-0.15, -0.1) is 0 Å². The Morgan fingerprint density at radius 1 is 1.06 bits per heavy atom.